The summed E-state index contributed by atoms with van der Waals surface area (Å²) in [7, 11) is 1.63. The molecule has 2 aliphatic rings. The van der Waals surface area contributed by atoms with Crippen molar-refractivity contribution >= 4 is 17.6 Å². The van der Waals surface area contributed by atoms with Crippen LogP contribution in [0.3, 0.4) is 0 Å². The smallest absolute Gasteiger partial charge is 0.322 e. The van der Waals surface area contributed by atoms with Gasteiger partial charge in [0.2, 0.25) is 0 Å². The van der Waals surface area contributed by atoms with Crippen LogP contribution in [0.4, 0.5) is 10.5 Å². The molecule has 0 aliphatic carbocycles. The number of nitro groups is 1. The van der Waals surface area contributed by atoms with Gasteiger partial charge in [0.1, 0.15) is 0 Å². The third kappa shape index (κ3) is 3.44. The Morgan fingerprint density at radius 3 is 2.62 bits per heavy atom. The number of likely N-dealkylation sites (N-methyl/N-ethyl adjacent to an activating group) is 1. The summed E-state index contributed by atoms with van der Waals surface area (Å²) in [5, 5.41) is 13.9. The minimum absolute atomic E-state index is 0.0794. The Bertz CT molecular complexity index is 1020. The molecular formula is C21H20N4O4. The average Bonchev–Trinajstić information content (AvgIpc) is 3.06. The first kappa shape index (κ1) is 18.7. The lowest BCUT2D eigenvalue weighted by atomic mass is 9.95. The zero-order valence-electron chi connectivity index (χ0n) is 15.9. The number of nitro benzene ring substituents is 1. The maximum Gasteiger partial charge on any atom is 0.322 e. The number of non-ortho nitro benzene ring substituents is 1. The summed E-state index contributed by atoms with van der Waals surface area (Å²) < 4.78 is 0. The second kappa shape index (κ2) is 7.38. The predicted molar refractivity (Wildman–Crippen MR) is 106 cm³/mol. The second-order valence-corrected chi connectivity index (χ2v) is 7.12. The van der Waals surface area contributed by atoms with E-state index in [9.17, 15) is 19.7 Å². The summed E-state index contributed by atoms with van der Waals surface area (Å²) in [6, 6.07) is 14.9. The van der Waals surface area contributed by atoms with E-state index in [4.69, 9.17) is 0 Å². The SMILES string of the molecule is CN1C(=O)N[C@H](c2cccc([N+](=O)[O-])c2)C2=C1CN(CCc1ccccc1)C2=O. The van der Waals surface area contributed by atoms with Gasteiger partial charge in [0, 0.05) is 25.7 Å². The molecule has 2 aromatic rings. The molecule has 1 N–H and O–H groups in total. The van der Waals surface area contributed by atoms with E-state index >= 15 is 0 Å². The first-order valence-corrected chi connectivity index (χ1v) is 9.30. The van der Waals surface area contributed by atoms with Crippen molar-refractivity contribution in [2.75, 3.05) is 20.1 Å². The lowest BCUT2D eigenvalue weighted by Gasteiger charge is -2.31. The number of carbonyl (C=O) groups excluding carboxylic acids is 2. The minimum Gasteiger partial charge on any atom is -0.333 e. The molecule has 0 saturated carbocycles. The molecule has 0 spiro atoms. The molecule has 2 aliphatic heterocycles. The van der Waals surface area contributed by atoms with Crippen LogP contribution in [0.2, 0.25) is 0 Å². The maximum absolute atomic E-state index is 13.2. The molecule has 0 aromatic heterocycles. The third-order valence-corrected chi connectivity index (χ3v) is 5.36. The zero-order chi connectivity index (χ0) is 20.5. The number of amides is 3. The van der Waals surface area contributed by atoms with Gasteiger partial charge < -0.3 is 10.2 Å². The standard InChI is InChI=1S/C21H20N4O4/c1-23-17-13-24(11-10-14-6-3-2-4-7-14)20(26)18(17)19(22-21(23)27)15-8-5-9-16(12-15)25(28)29/h2-9,12,19H,10-11,13H2,1H3,(H,22,27)/t19-/m1/s1. The van der Waals surface area contributed by atoms with Crippen molar-refractivity contribution in [3.8, 4) is 0 Å². The Kier molecular flexibility index (Phi) is 4.75. The predicted octanol–water partition coefficient (Wildman–Crippen LogP) is 2.63. The van der Waals surface area contributed by atoms with Crippen LogP contribution >= 0.6 is 0 Å². The first-order valence-electron chi connectivity index (χ1n) is 9.30. The van der Waals surface area contributed by atoms with Gasteiger partial charge in [-0.1, -0.05) is 42.5 Å². The molecule has 3 amide bonds. The van der Waals surface area contributed by atoms with Gasteiger partial charge in [-0.25, -0.2) is 4.79 Å². The van der Waals surface area contributed by atoms with Gasteiger partial charge in [0.25, 0.3) is 11.6 Å². The number of benzene rings is 2. The van der Waals surface area contributed by atoms with Crippen LogP contribution in [-0.4, -0.2) is 46.8 Å². The van der Waals surface area contributed by atoms with Crippen molar-refractivity contribution in [2.24, 2.45) is 0 Å². The number of hydrogen-bond acceptors (Lipinski definition) is 4. The molecular weight excluding hydrogens is 372 g/mol. The molecule has 29 heavy (non-hydrogen) atoms. The maximum atomic E-state index is 13.2. The van der Waals surface area contributed by atoms with E-state index < -0.39 is 11.0 Å². The lowest BCUT2D eigenvalue weighted by Crippen LogP contribution is -2.45. The highest BCUT2D eigenvalue weighted by atomic mass is 16.6. The van der Waals surface area contributed by atoms with Crippen LogP contribution in [0.1, 0.15) is 17.2 Å². The highest BCUT2D eigenvalue weighted by Gasteiger charge is 2.42. The molecule has 0 radical (unpaired) electrons. The lowest BCUT2D eigenvalue weighted by molar-refractivity contribution is -0.384. The molecule has 0 unspecified atom stereocenters. The van der Waals surface area contributed by atoms with Crippen molar-refractivity contribution in [3.05, 3.63) is 87.1 Å². The Balaban J connectivity index is 1.62. The first-order chi connectivity index (χ1) is 14.0. The fourth-order valence-electron chi connectivity index (χ4n) is 3.78. The van der Waals surface area contributed by atoms with E-state index in [2.05, 4.69) is 5.32 Å². The van der Waals surface area contributed by atoms with Gasteiger partial charge >= 0.3 is 6.03 Å². The molecule has 2 heterocycles. The number of rotatable bonds is 5. The van der Waals surface area contributed by atoms with Crippen LogP contribution in [0.5, 0.6) is 0 Å². The summed E-state index contributed by atoms with van der Waals surface area (Å²) in [5.74, 6) is -0.153. The summed E-state index contributed by atoms with van der Waals surface area (Å²) in [6.45, 7) is 0.871. The van der Waals surface area contributed by atoms with Gasteiger partial charge in [0.15, 0.2) is 0 Å². The summed E-state index contributed by atoms with van der Waals surface area (Å²) in [5.41, 5.74) is 2.68. The third-order valence-electron chi connectivity index (χ3n) is 5.36. The molecule has 8 nitrogen and oxygen atoms in total. The van der Waals surface area contributed by atoms with Crippen molar-refractivity contribution in [1.29, 1.82) is 0 Å². The molecule has 148 valence electrons. The van der Waals surface area contributed by atoms with Gasteiger partial charge in [-0.3, -0.25) is 19.8 Å². The number of urea groups is 1. The molecule has 1 atom stereocenters. The van der Waals surface area contributed by atoms with E-state index in [0.717, 1.165) is 5.56 Å². The normalized spacial score (nSPS) is 18.7. The zero-order valence-corrected chi connectivity index (χ0v) is 15.9. The quantitative estimate of drug-likeness (QED) is 0.625. The van der Waals surface area contributed by atoms with E-state index in [0.29, 0.717) is 36.3 Å². The van der Waals surface area contributed by atoms with Crippen molar-refractivity contribution in [3.63, 3.8) is 0 Å². The highest BCUT2D eigenvalue weighted by molar-refractivity contribution is 6.01. The molecule has 0 bridgehead atoms. The van der Waals surface area contributed by atoms with E-state index in [1.165, 1.54) is 17.0 Å². The van der Waals surface area contributed by atoms with E-state index in [1.807, 2.05) is 30.3 Å². The van der Waals surface area contributed by atoms with Crippen LogP contribution in [0, 0.1) is 10.1 Å². The topological polar surface area (TPSA) is 95.8 Å². The van der Waals surface area contributed by atoms with Crippen LogP contribution in [0.15, 0.2) is 65.9 Å². The van der Waals surface area contributed by atoms with Gasteiger partial charge in [-0.15, -0.1) is 0 Å². The van der Waals surface area contributed by atoms with Crippen molar-refractivity contribution in [1.82, 2.24) is 15.1 Å². The van der Waals surface area contributed by atoms with Crippen LogP contribution in [0.25, 0.3) is 0 Å². The number of carbonyl (C=O) groups is 2. The molecule has 2 aromatic carbocycles. The largest absolute Gasteiger partial charge is 0.333 e. The average molecular weight is 392 g/mol. The van der Waals surface area contributed by atoms with Crippen LogP contribution < -0.4 is 5.32 Å². The van der Waals surface area contributed by atoms with E-state index in [-0.39, 0.29) is 17.6 Å². The fourth-order valence-corrected chi connectivity index (χ4v) is 3.78. The summed E-state index contributed by atoms with van der Waals surface area (Å²) in [4.78, 5) is 39.4. The minimum atomic E-state index is -0.706. The monoisotopic (exact) mass is 392 g/mol. The molecule has 0 saturated heterocycles. The Hall–Kier alpha value is -3.68. The Morgan fingerprint density at radius 1 is 1.14 bits per heavy atom. The van der Waals surface area contributed by atoms with Gasteiger partial charge in [-0.2, -0.15) is 0 Å². The van der Waals surface area contributed by atoms with Gasteiger partial charge in [-0.05, 0) is 17.5 Å². The van der Waals surface area contributed by atoms with Crippen LogP contribution in [-0.2, 0) is 11.2 Å². The highest BCUT2D eigenvalue weighted by Crippen LogP contribution is 2.36. The van der Waals surface area contributed by atoms with Crippen molar-refractivity contribution < 1.29 is 14.5 Å². The van der Waals surface area contributed by atoms with Crippen molar-refractivity contribution in [2.45, 2.75) is 12.5 Å². The van der Waals surface area contributed by atoms with Gasteiger partial charge in [0.05, 0.1) is 28.8 Å². The summed E-state index contributed by atoms with van der Waals surface area (Å²) >= 11 is 0. The second-order valence-electron chi connectivity index (χ2n) is 7.12. The number of hydrogen-bond donors (Lipinski definition) is 1. The fraction of sp³-hybridized carbons (Fsp3) is 0.238. The molecule has 0 fully saturated rings. The Labute approximate surface area is 167 Å². The molecule has 4 rings (SSSR count). The number of nitrogens with zero attached hydrogens (tertiary/aromatic N) is 3. The Morgan fingerprint density at radius 2 is 1.90 bits per heavy atom. The number of nitrogens with one attached hydrogen (secondary N) is 1. The molecule has 8 heteroatoms. The van der Waals surface area contributed by atoms with E-state index in [1.54, 1.807) is 24.1 Å². The summed E-state index contributed by atoms with van der Waals surface area (Å²) in [6.07, 6.45) is 0.708.